The van der Waals surface area contributed by atoms with E-state index in [0.29, 0.717) is 29.5 Å². The third-order valence-corrected chi connectivity index (χ3v) is 4.48. The molecule has 146 valence electrons. The molecule has 0 amide bonds. The maximum atomic E-state index is 8.77. The van der Waals surface area contributed by atoms with Crippen LogP contribution in [0.4, 0.5) is 11.6 Å². The van der Waals surface area contributed by atoms with Crippen molar-refractivity contribution in [1.29, 1.82) is 5.41 Å². The van der Waals surface area contributed by atoms with Crippen molar-refractivity contribution in [2.45, 2.75) is 27.7 Å². The molecule has 0 spiro atoms. The minimum atomic E-state index is 0.125. The topological polar surface area (TPSA) is 101 Å². The number of quaternary nitrogens is 1. The van der Waals surface area contributed by atoms with Gasteiger partial charge < -0.3 is 10.5 Å². The van der Waals surface area contributed by atoms with Gasteiger partial charge in [0.2, 0.25) is 5.82 Å². The van der Waals surface area contributed by atoms with Gasteiger partial charge in [-0.05, 0) is 35.9 Å². The normalized spacial score (nSPS) is 11.6. The van der Waals surface area contributed by atoms with E-state index in [0.717, 1.165) is 28.6 Å². The maximum Gasteiger partial charge on any atom is 0.239 e. The van der Waals surface area contributed by atoms with Gasteiger partial charge >= 0.3 is 0 Å². The number of hydrogen-bond acceptors (Lipinski definition) is 5. The van der Waals surface area contributed by atoms with Gasteiger partial charge in [-0.3, -0.25) is 10.7 Å². The summed E-state index contributed by atoms with van der Waals surface area (Å²) in [5.74, 6) is 1.88. The van der Waals surface area contributed by atoms with E-state index in [9.17, 15) is 0 Å². The number of rotatable bonds is 6. The highest BCUT2D eigenvalue weighted by molar-refractivity contribution is 6.16. The number of nitrogens with two attached hydrogens (primary N) is 2. The number of benzene rings is 2. The lowest BCUT2D eigenvalue weighted by Gasteiger charge is -2.17. The second-order valence-electron chi connectivity index (χ2n) is 8.02. The average Bonchev–Trinajstić information content (AvgIpc) is 2.65. The van der Waals surface area contributed by atoms with Crippen molar-refractivity contribution in [3.63, 3.8) is 0 Å². The van der Waals surface area contributed by atoms with Crippen LogP contribution in [0.15, 0.2) is 42.7 Å². The first-order valence-corrected chi connectivity index (χ1v) is 9.48. The quantitative estimate of drug-likeness (QED) is 0.573. The van der Waals surface area contributed by atoms with Crippen LogP contribution in [-0.4, -0.2) is 28.8 Å². The predicted octanol–water partition coefficient (Wildman–Crippen LogP) is 3.27. The molecule has 6 heteroatoms. The Balaban J connectivity index is 1.96. The summed E-state index contributed by atoms with van der Waals surface area (Å²) in [6, 6.07) is 11.9. The molecule has 0 aliphatic carbocycles. The molecular weight excluding hydrogens is 350 g/mol. The lowest BCUT2D eigenvalue weighted by atomic mass is 9.96. The first-order chi connectivity index (χ1) is 13.3. The second kappa shape index (κ2) is 7.94. The lowest BCUT2D eigenvalue weighted by molar-refractivity contribution is -0.587. The van der Waals surface area contributed by atoms with E-state index in [2.05, 4.69) is 30.7 Å². The number of fused-ring (bicyclic) bond motifs is 1. The van der Waals surface area contributed by atoms with Crippen LogP contribution in [0.5, 0.6) is 5.75 Å². The summed E-state index contributed by atoms with van der Waals surface area (Å²) >= 11 is 0. The van der Waals surface area contributed by atoms with Gasteiger partial charge in [0.15, 0.2) is 0 Å². The molecule has 0 saturated carbocycles. The molecule has 3 rings (SSSR count). The first kappa shape index (κ1) is 19.8. The highest BCUT2D eigenvalue weighted by atomic mass is 16.5. The molecule has 0 fully saturated rings. The average molecular weight is 379 g/mol. The fourth-order valence-corrected chi connectivity index (χ4v) is 3.01. The lowest BCUT2D eigenvalue weighted by Crippen LogP contribution is -2.81. The van der Waals surface area contributed by atoms with Crippen molar-refractivity contribution in [1.82, 2.24) is 9.97 Å². The Morgan fingerprint density at radius 2 is 1.82 bits per heavy atom. The largest absolute Gasteiger partial charge is 0.494 e. The van der Waals surface area contributed by atoms with E-state index < -0.39 is 0 Å². The Kier molecular flexibility index (Phi) is 5.61. The Morgan fingerprint density at radius 3 is 2.54 bits per heavy atom. The number of nitrogens with one attached hydrogen (secondary N) is 1. The van der Waals surface area contributed by atoms with Crippen molar-refractivity contribution in [3.05, 3.63) is 53.9 Å². The minimum absolute atomic E-state index is 0.125. The van der Waals surface area contributed by atoms with Crippen LogP contribution in [0.1, 0.15) is 38.8 Å². The summed E-state index contributed by atoms with van der Waals surface area (Å²) in [6.45, 7) is 9.93. The van der Waals surface area contributed by atoms with Crippen LogP contribution in [0.2, 0.25) is 0 Å². The maximum absolute atomic E-state index is 8.77. The molecular formula is C22H28N5O+. The molecule has 0 aliphatic rings. The third kappa shape index (κ3) is 4.46. The van der Waals surface area contributed by atoms with Crippen molar-refractivity contribution in [2.75, 3.05) is 18.9 Å². The van der Waals surface area contributed by atoms with E-state index in [1.807, 2.05) is 48.6 Å². The van der Waals surface area contributed by atoms with Crippen LogP contribution in [0.25, 0.3) is 10.8 Å². The second-order valence-corrected chi connectivity index (χ2v) is 8.02. The third-order valence-electron chi connectivity index (χ3n) is 4.48. The summed E-state index contributed by atoms with van der Waals surface area (Å²) in [5, 5.41) is 12.9. The molecule has 0 aliphatic heterocycles. The van der Waals surface area contributed by atoms with Gasteiger partial charge in [0, 0.05) is 11.0 Å². The van der Waals surface area contributed by atoms with E-state index in [1.54, 1.807) is 0 Å². The SMILES string of the molecule is CCOc1ccc2cc(C(=N)c3c(N)ncnc3[NH2+]CC(C)(C)C)ccc2c1. The van der Waals surface area contributed by atoms with E-state index in [-0.39, 0.29) is 5.41 Å². The van der Waals surface area contributed by atoms with E-state index in [1.165, 1.54) is 6.33 Å². The summed E-state index contributed by atoms with van der Waals surface area (Å²) in [5.41, 5.74) is 7.95. The minimum Gasteiger partial charge on any atom is -0.494 e. The number of anilines is 1. The van der Waals surface area contributed by atoms with Crippen LogP contribution in [0.3, 0.4) is 0 Å². The summed E-state index contributed by atoms with van der Waals surface area (Å²) in [6.07, 6.45) is 1.45. The number of nitrogens with zero attached hydrogens (tertiary/aromatic N) is 2. The van der Waals surface area contributed by atoms with Crippen molar-refractivity contribution in [3.8, 4) is 5.75 Å². The Bertz CT molecular complexity index is 1010. The van der Waals surface area contributed by atoms with Gasteiger partial charge in [-0.25, -0.2) is 4.98 Å². The van der Waals surface area contributed by atoms with Crippen LogP contribution in [0, 0.1) is 10.8 Å². The molecule has 0 unspecified atom stereocenters. The highest BCUT2D eigenvalue weighted by Crippen LogP contribution is 2.25. The summed E-state index contributed by atoms with van der Waals surface area (Å²) in [7, 11) is 0. The van der Waals surface area contributed by atoms with Gasteiger partial charge in [-0.15, -0.1) is 0 Å². The van der Waals surface area contributed by atoms with Gasteiger partial charge in [0.1, 0.15) is 23.5 Å². The van der Waals surface area contributed by atoms with Gasteiger partial charge in [0.25, 0.3) is 0 Å². The summed E-state index contributed by atoms with van der Waals surface area (Å²) in [4.78, 5) is 8.49. The molecule has 3 aromatic rings. The molecule has 5 N–H and O–H groups in total. The molecule has 6 nitrogen and oxygen atoms in total. The monoisotopic (exact) mass is 378 g/mol. The smallest absolute Gasteiger partial charge is 0.239 e. The zero-order chi connectivity index (χ0) is 20.3. The van der Waals surface area contributed by atoms with E-state index >= 15 is 0 Å². The van der Waals surface area contributed by atoms with Gasteiger partial charge in [-0.2, -0.15) is 4.98 Å². The number of nitrogen functional groups attached to an aromatic ring is 1. The summed E-state index contributed by atoms with van der Waals surface area (Å²) < 4.78 is 5.57. The van der Waals surface area contributed by atoms with Crippen molar-refractivity contribution < 1.29 is 10.1 Å². The zero-order valence-corrected chi connectivity index (χ0v) is 16.9. The molecule has 28 heavy (non-hydrogen) atoms. The zero-order valence-electron chi connectivity index (χ0n) is 16.9. The predicted molar refractivity (Wildman–Crippen MR) is 113 cm³/mol. The molecule has 1 aromatic heterocycles. The van der Waals surface area contributed by atoms with Crippen LogP contribution < -0.4 is 15.8 Å². The molecule has 0 radical (unpaired) electrons. The Hall–Kier alpha value is -2.99. The number of aromatic nitrogens is 2. The van der Waals surface area contributed by atoms with E-state index in [4.69, 9.17) is 15.9 Å². The number of ether oxygens (including phenoxy) is 1. The van der Waals surface area contributed by atoms with Crippen LogP contribution >= 0.6 is 0 Å². The van der Waals surface area contributed by atoms with Crippen LogP contribution in [-0.2, 0) is 0 Å². The van der Waals surface area contributed by atoms with Crippen molar-refractivity contribution in [2.24, 2.45) is 5.41 Å². The fraction of sp³-hybridized carbons (Fsp3) is 0.318. The van der Waals surface area contributed by atoms with Crippen molar-refractivity contribution >= 4 is 28.1 Å². The Labute approximate surface area is 165 Å². The Morgan fingerprint density at radius 1 is 1.11 bits per heavy atom. The molecule has 0 saturated heterocycles. The molecule has 0 bridgehead atoms. The molecule has 2 aromatic carbocycles. The van der Waals surface area contributed by atoms with Gasteiger partial charge in [-0.1, -0.05) is 39.0 Å². The fourth-order valence-electron chi connectivity index (χ4n) is 3.01. The standard InChI is InChI=1S/C22H27N5O/c1-5-28-17-9-8-14-10-16(7-6-15(14)11-17)19(23)18-20(24)26-13-27-21(18)25-12-22(2,3)4/h6-11,13,23H,5,12H2,1-4H3,(H3,24,25,26,27)/p+1. The first-order valence-electron chi connectivity index (χ1n) is 9.48. The number of hydrogen-bond donors (Lipinski definition) is 3. The molecule has 1 heterocycles. The highest BCUT2D eigenvalue weighted by Gasteiger charge is 2.22. The molecule has 0 atom stereocenters. The van der Waals surface area contributed by atoms with Gasteiger partial charge in [0.05, 0.1) is 18.9 Å².